The standard InChI is InChI=1S/C7H12N2O/c1-2-3-4-5-7(8)9-6-10/h3-6H,2,8H2,1H3,(H,9,10)/b4-3-,7-5+. The van der Waals surface area contributed by atoms with Gasteiger partial charge >= 0.3 is 0 Å². The fourth-order valence-electron chi connectivity index (χ4n) is 0.424. The highest BCUT2D eigenvalue weighted by Crippen LogP contribution is 1.82. The molecule has 56 valence electrons. The van der Waals surface area contributed by atoms with Gasteiger partial charge in [-0.1, -0.05) is 19.1 Å². The third-order valence-corrected chi connectivity index (χ3v) is 0.873. The Kier molecular flexibility index (Phi) is 5.14. The Morgan fingerprint density at radius 1 is 1.70 bits per heavy atom. The van der Waals surface area contributed by atoms with Crippen LogP contribution in [-0.4, -0.2) is 6.41 Å². The molecule has 0 rings (SSSR count). The molecule has 0 bridgehead atoms. The summed E-state index contributed by atoms with van der Waals surface area (Å²) in [5, 5.41) is 2.31. The normalized spacial score (nSPS) is 11.9. The third-order valence-electron chi connectivity index (χ3n) is 0.873. The molecular weight excluding hydrogens is 128 g/mol. The zero-order valence-electron chi connectivity index (χ0n) is 6.00. The van der Waals surface area contributed by atoms with Crippen LogP contribution in [0.1, 0.15) is 13.3 Å². The quantitative estimate of drug-likeness (QED) is 0.441. The van der Waals surface area contributed by atoms with Gasteiger partial charge in [0.25, 0.3) is 0 Å². The highest BCUT2D eigenvalue weighted by atomic mass is 16.1. The molecule has 0 aromatic carbocycles. The molecule has 0 aliphatic rings. The molecular formula is C7H12N2O. The Bertz CT molecular complexity index is 150. The minimum atomic E-state index is 0.361. The number of hydrogen-bond donors (Lipinski definition) is 2. The van der Waals surface area contributed by atoms with Crippen LogP contribution < -0.4 is 11.1 Å². The number of hydrogen-bond acceptors (Lipinski definition) is 2. The van der Waals surface area contributed by atoms with E-state index in [-0.39, 0.29) is 0 Å². The lowest BCUT2D eigenvalue weighted by Gasteiger charge is -1.92. The van der Waals surface area contributed by atoms with E-state index in [0.29, 0.717) is 12.2 Å². The van der Waals surface area contributed by atoms with E-state index in [1.807, 2.05) is 13.0 Å². The first-order valence-corrected chi connectivity index (χ1v) is 3.13. The molecule has 3 N–H and O–H groups in total. The Balaban J connectivity index is 3.67. The molecule has 0 saturated heterocycles. The van der Waals surface area contributed by atoms with Gasteiger partial charge in [-0.05, 0) is 12.5 Å². The van der Waals surface area contributed by atoms with E-state index in [4.69, 9.17) is 5.73 Å². The van der Waals surface area contributed by atoms with Crippen LogP contribution in [0.3, 0.4) is 0 Å². The molecule has 3 heteroatoms. The van der Waals surface area contributed by atoms with Crippen LogP contribution in [0, 0.1) is 0 Å². The minimum Gasteiger partial charge on any atom is -0.385 e. The smallest absolute Gasteiger partial charge is 0.212 e. The molecule has 0 atom stereocenters. The van der Waals surface area contributed by atoms with Gasteiger partial charge in [-0.3, -0.25) is 4.79 Å². The van der Waals surface area contributed by atoms with Crippen molar-refractivity contribution < 1.29 is 4.79 Å². The van der Waals surface area contributed by atoms with Gasteiger partial charge in [0.2, 0.25) is 6.41 Å². The lowest BCUT2D eigenvalue weighted by Crippen LogP contribution is -2.17. The zero-order valence-corrected chi connectivity index (χ0v) is 6.00. The van der Waals surface area contributed by atoms with Gasteiger partial charge in [-0.15, -0.1) is 0 Å². The molecule has 0 unspecified atom stereocenters. The summed E-state index contributed by atoms with van der Waals surface area (Å²) in [6, 6.07) is 0. The Morgan fingerprint density at radius 2 is 2.40 bits per heavy atom. The summed E-state index contributed by atoms with van der Waals surface area (Å²) in [5.74, 6) is 0.361. The Labute approximate surface area is 60.6 Å². The molecule has 0 heterocycles. The summed E-state index contributed by atoms with van der Waals surface area (Å²) in [6.45, 7) is 2.02. The maximum atomic E-state index is 9.79. The van der Waals surface area contributed by atoms with Crippen molar-refractivity contribution in [1.29, 1.82) is 0 Å². The monoisotopic (exact) mass is 140 g/mol. The first-order valence-electron chi connectivity index (χ1n) is 3.13. The van der Waals surface area contributed by atoms with Crippen LogP contribution in [0.4, 0.5) is 0 Å². The van der Waals surface area contributed by atoms with Crippen LogP contribution in [0.5, 0.6) is 0 Å². The lowest BCUT2D eigenvalue weighted by molar-refractivity contribution is -0.108. The average molecular weight is 140 g/mol. The number of nitrogens with one attached hydrogen (secondary N) is 1. The lowest BCUT2D eigenvalue weighted by atomic mass is 10.4. The molecule has 0 aromatic rings. The van der Waals surface area contributed by atoms with Crippen molar-refractivity contribution in [3.8, 4) is 0 Å². The summed E-state index contributed by atoms with van der Waals surface area (Å²) in [6.07, 6.45) is 6.89. The number of carbonyl (C=O) groups excluding carboxylic acids is 1. The number of allylic oxidation sites excluding steroid dienone is 3. The maximum absolute atomic E-state index is 9.79. The molecule has 0 fully saturated rings. The van der Waals surface area contributed by atoms with E-state index in [1.165, 1.54) is 0 Å². The summed E-state index contributed by atoms with van der Waals surface area (Å²) < 4.78 is 0. The van der Waals surface area contributed by atoms with E-state index in [0.717, 1.165) is 6.42 Å². The highest BCUT2D eigenvalue weighted by molar-refractivity contribution is 5.49. The van der Waals surface area contributed by atoms with Crippen molar-refractivity contribution in [2.75, 3.05) is 0 Å². The van der Waals surface area contributed by atoms with Gasteiger partial charge in [-0.2, -0.15) is 0 Å². The second kappa shape index (κ2) is 5.88. The number of amides is 1. The molecule has 3 nitrogen and oxygen atoms in total. The summed E-state index contributed by atoms with van der Waals surface area (Å²) in [7, 11) is 0. The molecule has 0 aliphatic heterocycles. The second-order valence-corrected chi connectivity index (χ2v) is 1.72. The maximum Gasteiger partial charge on any atom is 0.212 e. The Morgan fingerprint density at radius 3 is 2.90 bits per heavy atom. The van der Waals surface area contributed by atoms with E-state index in [9.17, 15) is 4.79 Å². The fraction of sp³-hybridized carbons (Fsp3) is 0.286. The van der Waals surface area contributed by atoms with E-state index in [1.54, 1.807) is 12.2 Å². The predicted molar refractivity (Wildman–Crippen MR) is 40.9 cm³/mol. The molecule has 1 amide bonds. The third kappa shape index (κ3) is 4.90. The van der Waals surface area contributed by atoms with Crippen molar-refractivity contribution in [1.82, 2.24) is 5.32 Å². The molecule has 0 radical (unpaired) electrons. The summed E-state index contributed by atoms with van der Waals surface area (Å²) in [4.78, 5) is 9.79. The highest BCUT2D eigenvalue weighted by Gasteiger charge is 1.78. The molecule has 10 heavy (non-hydrogen) atoms. The van der Waals surface area contributed by atoms with Crippen LogP contribution in [-0.2, 0) is 4.79 Å². The van der Waals surface area contributed by atoms with Gasteiger partial charge < -0.3 is 11.1 Å². The van der Waals surface area contributed by atoms with Crippen LogP contribution in [0.2, 0.25) is 0 Å². The number of carbonyl (C=O) groups is 1. The number of rotatable bonds is 4. The van der Waals surface area contributed by atoms with Crippen molar-refractivity contribution in [2.24, 2.45) is 5.73 Å². The molecule has 0 spiro atoms. The van der Waals surface area contributed by atoms with Gasteiger partial charge in [0.1, 0.15) is 5.82 Å². The molecule has 0 saturated carbocycles. The second-order valence-electron chi connectivity index (χ2n) is 1.72. The van der Waals surface area contributed by atoms with Gasteiger partial charge in [0.15, 0.2) is 0 Å². The van der Waals surface area contributed by atoms with Crippen molar-refractivity contribution >= 4 is 6.41 Å². The van der Waals surface area contributed by atoms with Gasteiger partial charge in [0, 0.05) is 0 Å². The van der Waals surface area contributed by atoms with Crippen LogP contribution in [0.15, 0.2) is 24.0 Å². The van der Waals surface area contributed by atoms with Crippen molar-refractivity contribution in [3.63, 3.8) is 0 Å². The minimum absolute atomic E-state index is 0.361. The topological polar surface area (TPSA) is 55.1 Å². The van der Waals surface area contributed by atoms with Gasteiger partial charge in [-0.25, -0.2) is 0 Å². The zero-order chi connectivity index (χ0) is 7.82. The van der Waals surface area contributed by atoms with E-state index in [2.05, 4.69) is 5.32 Å². The van der Waals surface area contributed by atoms with E-state index < -0.39 is 0 Å². The average Bonchev–Trinajstić information content (AvgIpc) is 1.89. The van der Waals surface area contributed by atoms with Crippen molar-refractivity contribution in [2.45, 2.75) is 13.3 Å². The van der Waals surface area contributed by atoms with Crippen LogP contribution in [0.25, 0.3) is 0 Å². The first kappa shape index (κ1) is 8.75. The SMILES string of the molecule is CC/C=C\C=C(/N)NC=O. The first-order chi connectivity index (χ1) is 4.81. The molecule has 0 aliphatic carbocycles. The number of nitrogens with two attached hydrogens (primary N) is 1. The summed E-state index contributed by atoms with van der Waals surface area (Å²) in [5.41, 5.74) is 5.29. The fourth-order valence-corrected chi connectivity index (χ4v) is 0.424. The van der Waals surface area contributed by atoms with Gasteiger partial charge in [0.05, 0.1) is 0 Å². The predicted octanol–water partition coefficient (Wildman–Crippen LogP) is 0.499. The summed E-state index contributed by atoms with van der Waals surface area (Å²) >= 11 is 0. The molecule has 0 aromatic heterocycles. The Hall–Kier alpha value is -1.25. The van der Waals surface area contributed by atoms with Crippen molar-refractivity contribution in [3.05, 3.63) is 24.0 Å². The van der Waals surface area contributed by atoms with E-state index >= 15 is 0 Å². The van der Waals surface area contributed by atoms with Crippen LogP contribution >= 0.6 is 0 Å². The largest absolute Gasteiger partial charge is 0.385 e.